The van der Waals surface area contributed by atoms with Crippen molar-refractivity contribution in [2.24, 2.45) is 0 Å². The number of hydrogen-bond acceptors (Lipinski definition) is 5. The van der Waals surface area contributed by atoms with Crippen LogP contribution in [0.5, 0.6) is 11.5 Å². The lowest BCUT2D eigenvalue weighted by Gasteiger charge is -2.16. The molecule has 0 atom stereocenters. The minimum atomic E-state index is -0.0156. The van der Waals surface area contributed by atoms with Crippen LogP contribution in [0.1, 0.15) is 11.1 Å². The van der Waals surface area contributed by atoms with Crippen molar-refractivity contribution in [3.63, 3.8) is 0 Å². The molecule has 0 fully saturated rings. The second-order valence-electron chi connectivity index (χ2n) is 9.39. The van der Waals surface area contributed by atoms with Crippen molar-refractivity contribution < 1.29 is 9.47 Å². The Labute approximate surface area is 231 Å². The number of benzene rings is 4. The number of anilines is 1. The van der Waals surface area contributed by atoms with Gasteiger partial charge in [0.2, 0.25) is 0 Å². The highest BCUT2D eigenvalue weighted by Gasteiger charge is 2.24. The number of para-hydroxylation sites is 1. The predicted octanol–water partition coefficient (Wildman–Crippen LogP) is 7.27. The van der Waals surface area contributed by atoms with E-state index in [2.05, 4.69) is 42.3 Å². The minimum absolute atomic E-state index is 0.0156. The highest BCUT2D eigenvalue weighted by Crippen LogP contribution is 2.49. The van der Waals surface area contributed by atoms with E-state index in [1.165, 1.54) is 0 Å². The van der Waals surface area contributed by atoms with Gasteiger partial charge in [-0.2, -0.15) is 0 Å². The fourth-order valence-electron chi connectivity index (χ4n) is 5.13. The lowest BCUT2D eigenvalue weighted by Crippen LogP contribution is -2.21. The van der Waals surface area contributed by atoms with E-state index in [1.807, 2.05) is 71.3 Å². The summed E-state index contributed by atoms with van der Waals surface area (Å²) in [5.74, 6) is 1.54. The Bertz CT molecular complexity index is 1750. The van der Waals surface area contributed by atoms with Crippen LogP contribution in [0.25, 0.3) is 28.1 Å². The van der Waals surface area contributed by atoms with Crippen LogP contribution in [0.4, 0.5) is 5.69 Å². The van der Waals surface area contributed by atoms with Crippen molar-refractivity contribution >= 4 is 34.4 Å². The summed E-state index contributed by atoms with van der Waals surface area (Å²) < 4.78 is 13.1. The highest BCUT2D eigenvalue weighted by atomic mass is 32.2. The first-order chi connectivity index (χ1) is 19.1. The Balaban J connectivity index is 1.39. The minimum Gasteiger partial charge on any atom is -0.496 e. The summed E-state index contributed by atoms with van der Waals surface area (Å²) in [6, 6.07) is 32.2. The largest absolute Gasteiger partial charge is 0.496 e. The van der Waals surface area contributed by atoms with Crippen molar-refractivity contribution in [3.8, 4) is 22.6 Å². The summed E-state index contributed by atoms with van der Waals surface area (Å²) in [5.41, 5.74) is 5.99. The van der Waals surface area contributed by atoms with Crippen molar-refractivity contribution in [2.45, 2.75) is 11.4 Å². The van der Waals surface area contributed by atoms with Gasteiger partial charge in [-0.25, -0.2) is 0 Å². The highest BCUT2D eigenvalue weighted by molar-refractivity contribution is 8.03. The standard InChI is InChI=1S/C33H28N2O3S/c1-34-27-17-16-23(33-28(37-2)14-9-15-29(33)38-3)18-30(27)39-32(34)20-24-19-31(36)35(21-22-10-5-4-6-11-22)26-13-8-7-12-25(24)26/h4-20H,21H2,1-3H3. The molecular weight excluding hydrogens is 504 g/mol. The second-order valence-corrected chi connectivity index (χ2v) is 10.5. The lowest BCUT2D eigenvalue weighted by atomic mass is 10.0. The van der Waals surface area contributed by atoms with Crippen LogP contribution in [-0.4, -0.2) is 25.8 Å². The third kappa shape index (κ3) is 4.57. The summed E-state index contributed by atoms with van der Waals surface area (Å²) in [6.45, 7) is 0.534. The average molecular weight is 533 g/mol. The van der Waals surface area contributed by atoms with Crippen molar-refractivity contribution in [3.05, 3.63) is 124 Å². The maximum atomic E-state index is 13.3. The average Bonchev–Trinajstić information content (AvgIpc) is 3.29. The first kappa shape index (κ1) is 24.9. The number of nitrogens with zero attached hydrogens (tertiary/aromatic N) is 2. The van der Waals surface area contributed by atoms with Gasteiger partial charge in [0.15, 0.2) is 0 Å². The number of rotatable bonds is 6. The maximum Gasteiger partial charge on any atom is 0.251 e. The molecular formula is C33H28N2O3S. The Kier molecular flexibility index (Phi) is 6.63. The van der Waals surface area contributed by atoms with Gasteiger partial charge in [0.1, 0.15) is 11.5 Å². The number of hydrogen-bond donors (Lipinski definition) is 0. The van der Waals surface area contributed by atoms with Crippen LogP contribution in [-0.2, 0) is 6.54 Å². The normalized spacial score (nSPS) is 13.6. The number of methoxy groups -OCH3 is 2. The molecule has 5 nitrogen and oxygen atoms in total. The van der Waals surface area contributed by atoms with Crippen molar-refractivity contribution in [1.29, 1.82) is 0 Å². The molecule has 194 valence electrons. The molecule has 0 N–H and O–H groups in total. The van der Waals surface area contributed by atoms with Crippen LogP contribution in [0.2, 0.25) is 0 Å². The fraction of sp³-hybridized carbons (Fsp3) is 0.121. The van der Waals surface area contributed by atoms with Gasteiger partial charge in [-0.3, -0.25) is 4.79 Å². The molecule has 1 aliphatic heterocycles. The van der Waals surface area contributed by atoms with Gasteiger partial charge in [0, 0.05) is 23.4 Å². The molecule has 0 bridgehead atoms. The molecule has 0 spiro atoms. The van der Waals surface area contributed by atoms with Crippen LogP contribution < -0.4 is 19.9 Å². The van der Waals surface area contributed by atoms with Crippen LogP contribution in [0, 0.1) is 0 Å². The molecule has 1 aromatic heterocycles. The quantitative estimate of drug-likeness (QED) is 0.230. The van der Waals surface area contributed by atoms with E-state index in [0.717, 1.165) is 60.3 Å². The van der Waals surface area contributed by atoms with Crippen LogP contribution in [0.15, 0.2) is 112 Å². The number of aromatic nitrogens is 1. The Morgan fingerprint density at radius 3 is 2.28 bits per heavy atom. The van der Waals surface area contributed by atoms with Gasteiger partial charge < -0.3 is 18.9 Å². The molecule has 1 aliphatic rings. The Morgan fingerprint density at radius 2 is 1.54 bits per heavy atom. The molecule has 6 rings (SSSR count). The Hall–Kier alpha value is -4.42. The van der Waals surface area contributed by atoms with Crippen molar-refractivity contribution in [1.82, 2.24) is 4.57 Å². The number of thioether (sulfide) groups is 1. The van der Waals surface area contributed by atoms with E-state index < -0.39 is 0 Å². The molecule has 0 unspecified atom stereocenters. The smallest absolute Gasteiger partial charge is 0.251 e. The van der Waals surface area contributed by atoms with Gasteiger partial charge in [0.25, 0.3) is 5.56 Å². The zero-order chi connectivity index (χ0) is 26.9. The summed E-state index contributed by atoms with van der Waals surface area (Å²) in [6.07, 6.45) is 2.12. The molecule has 39 heavy (non-hydrogen) atoms. The summed E-state index contributed by atoms with van der Waals surface area (Å²) >= 11 is 1.69. The van der Waals surface area contributed by atoms with Crippen LogP contribution >= 0.6 is 11.8 Å². The number of ether oxygens (including phenoxy) is 2. The van der Waals surface area contributed by atoms with Gasteiger partial charge in [-0.05, 0) is 53.1 Å². The molecule has 2 heterocycles. The zero-order valence-corrected chi connectivity index (χ0v) is 22.9. The van der Waals surface area contributed by atoms with Gasteiger partial charge >= 0.3 is 0 Å². The molecule has 0 amide bonds. The monoisotopic (exact) mass is 532 g/mol. The summed E-state index contributed by atoms with van der Waals surface area (Å²) in [4.78, 5) is 16.7. The van der Waals surface area contributed by atoms with Crippen LogP contribution in [0.3, 0.4) is 0 Å². The molecule has 5 aromatic rings. The fourth-order valence-corrected chi connectivity index (χ4v) is 6.27. The topological polar surface area (TPSA) is 43.7 Å². The van der Waals surface area contributed by atoms with Crippen molar-refractivity contribution in [2.75, 3.05) is 26.2 Å². The molecule has 4 aromatic carbocycles. The molecule has 0 saturated carbocycles. The van der Waals surface area contributed by atoms with E-state index in [0.29, 0.717) is 6.54 Å². The SMILES string of the molecule is COc1cccc(OC)c1-c1ccc2c(c1)SC(=Cc1cc(=O)n(Cc3ccccc3)c3ccccc13)N2C. The molecule has 6 heteroatoms. The zero-order valence-electron chi connectivity index (χ0n) is 22.0. The van der Waals surface area contributed by atoms with E-state index in [1.54, 1.807) is 32.0 Å². The molecule has 0 radical (unpaired) electrons. The van der Waals surface area contributed by atoms with E-state index in [-0.39, 0.29) is 5.56 Å². The lowest BCUT2D eigenvalue weighted by molar-refractivity contribution is 0.397. The first-order valence-electron chi connectivity index (χ1n) is 12.7. The number of pyridine rings is 1. The van der Waals surface area contributed by atoms with E-state index in [9.17, 15) is 4.79 Å². The third-order valence-electron chi connectivity index (χ3n) is 7.10. The molecule has 0 aliphatic carbocycles. The maximum absolute atomic E-state index is 13.3. The Morgan fingerprint density at radius 1 is 0.821 bits per heavy atom. The summed E-state index contributed by atoms with van der Waals surface area (Å²) in [7, 11) is 5.41. The predicted molar refractivity (Wildman–Crippen MR) is 161 cm³/mol. The summed E-state index contributed by atoms with van der Waals surface area (Å²) in [5, 5.41) is 2.10. The van der Waals surface area contributed by atoms with E-state index >= 15 is 0 Å². The second kappa shape index (κ2) is 10.4. The molecule has 0 saturated heterocycles. The first-order valence-corrected chi connectivity index (χ1v) is 13.5. The van der Waals surface area contributed by atoms with Gasteiger partial charge in [0.05, 0.1) is 42.6 Å². The number of fused-ring (bicyclic) bond motifs is 2. The van der Waals surface area contributed by atoms with Gasteiger partial charge in [-0.1, -0.05) is 72.4 Å². The van der Waals surface area contributed by atoms with Gasteiger partial charge in [-0.15, -0.1) is 0 Å². The third-order valence-corrected chi connectivity index (χ3v) is 8.24. The van der Waals surface area contributed by atoms with E-state index in [4.69, 9.17) is 9.47 Å².